The maximum absolute atomic E-state index is 10.1. The van der Waals surface area contributed by atoms with Crippen LogP contribution in [0.3, 0.4) is 0 Å². The summed E-state index contributed by atoms with van der Waals surface area (Å²) in [6.07, 6.45) is 6.67. The third-order valence-electron chi connectivity index (χ3n) is 1.82. The van der Waals surface area contributed by atoms with Crippen LogP contribution in [0.1, 0.15) is 32.1 Å². The molecule has 0 spiro atoms. The van der Waals surface area contributed by atoms with Crippen molar-refractivity contribution in [1.82, 2.24) is 0 Å². The second kappa shape index (κ2) is 3.40. The quantitative estimate of drug-likeness (QED) is 0.500. The average molecular weight is 139 g/mol. The van der Waals surface area contributed by atoms with Gasteiger partial charge in [0.25, 0.3) is 0 Å². The molecule has 0 aliphatic heterocycles. The summed E-state index contributed by atoms with van der Waals surface area (Å²) in [4.78, 5) is 10.1. The van der Waals surface area contributed by atoms with Crippen molar-refractivity contribution >= 4 is 5.97 Å². The fourth-order valence-electron chi connectivity index (χ4n) is 1.32. The lowest BCUT2D eigenvalue weighted by molar-refractivity contribution is -0.297. The van der Waals surface area contributed by atoms with Crippen LogP contribution in [-0.4, -0.2) is 5.97 Å². The van der Waals surface area contributed by atoms with E-state index in [9.17, 15) is 9.90 Å². The third-order valence-corrected chi connectivity index (χ3v) is 1.82. The maximum atomic E-state index is 10.1. The molecule has 56 valence electrons. The van der Waals surface area contributed by atoms with Crippen molar-refractivity contribution in [3.05, 3.63) is 11.6 Å². The molecule has 0 unspecified atom stereocenters. The van der Waals surface area contributed by atoms with Gasteiger partial charge < -0.3 is 9.90 Å². The Morgan fingerprint density at radius 3 is 2.40 bits per heavy atom. The first-order valence-corrected chi connectivity index (χ1v) is 3.69. The normalized spacial score (nSPS) is 18.6. The minimum absolute atomic E-state index is 0.952. The molecular weight excluding hydrogens is 128 g/mol. The Morgan fingerprint density at radius 2 is 1.90 bits per heavy atom. The topological polar surface area (TPSA) is 40.1 Å². The van der Waals surface area contributed by atoms with Crippen molar-refractivity contribution in [1.29, 1.82) is 0 Å². The Bertz CT molecular complexity index is 151. The lowest BCUT2D eigenvalue weighted by Gasteiger charge is -2.13. The predicted molar refractivity (Wildman–Crippen MR) is 36.2 cm³/mol. The minimum Gasteiger partial charge on any atom is -0.545 e. The van der Waals surface area contributed by atoms with Gasteiger partial charge in [0.05, 0.1) is 5.97 Å². The van der Waals surface area contributed by atoms with Crippen LogP contribution in [0.15, 0.2) is 11.6 Å². The summed E-state index contributed by atoms with van der Waals surface area (Å²) in [5.74, 6) is -1.04. The standard InChI is InChI=1S/C8H12O2/c9-8(10)6-7-4-2-1-3-5-7/h6H,1-5H2,(H,9,10)/p-1. The van der Waals surface area contributed by atoms with Crippen molar-refractivity contribution in [3.8, 4) is 0 Å². The van der Waals surface area contributed by atoms with Gasteiger partial charge in [0.15, 0.2) is 0 Å². The van der Waals surface area contributed by atoms with Crippen LogP contribution in [0.2, 0.25) is 0 Å². The molecule has 0 aromatic rings. The number of carbonyl (C=O) groups excluding carboxylic acids is 1. The second-order valence-electron chi connectivity index (χ2n) is 2.68. The molecule has 0 saturated heterocycles. The highest BCUT2D eigenvalue weighted by atomic mass is 16.4. The van der Waals surface area contributed by atoms with Gasteiger partial charge in [-0.3, -0.25) is 0 Å². The summed E-state index contributed by atoms with van der Waals surface area (Å²) < 4.78 is 0. The van der Waals surface area contributed by atoms with Gasteiger partial charge in [0, 0.05) is 0 Å². The van der Waals surface area contributed by atoms with E-state index in [1.807, 2.05) is 0 Å². The Kier molecular flexibility index (Phi) is 2.49. The molecule has 0 atom stereocenters. The highest BCUT2D eigenvalue weighted by Gasteiger charge is 2.03. The molecule has 0 N–H and O–H groups in total. The van der Waals surface area contributed by atoms with E-state index in [4.69, 9.17) is 0 Å². The molecule has 1 aliphatic carbocycles. The number of hydrogen-bond acceptors (Lipinski definition) is 2. The number of rotatable bonds is 1. The first-order valence-electron chi connectivity index (χ1n) is 3.69. The maximum Gasteiger partial charge on any atom is 0.0642 e. The smallest absolute Gasteiger partial charge is 0.0642 e. The lowest BCUT2D eigenvalue weighted by atomic mass is 9.95. The van der Waals surface area contributed by atoms with E-state index >= 15 is 0 Å². The second-order valence-corrected chi connectivity index (χ2v) is 2.68. The molecule has 2 nitrogen and oxygen atoms in total. The summed E-state index contributed by atoms with van der Waals surface area (Å²) in [5, 5.41) is 10.1. The fraction of sp³-hybridized carbons (Fsp3) is 0.625. The summed E-state index contributed by atoms with van der Waals surface area (Å²) in [5.41, 5.74) is 1.05. The SMILES string of the molecule is O=C([O-])C=C1CCCCC1. The van der Waals surface area contributed by atoms with Crippen molar-refractivity contribution < 1.29 is 9.90 Å². The number of allylic oxidation sites excluding steroid dienone is 1. The molecule has 0 aromatic heterocycles. The molecule has 0 aromatic carbocycles. The first-order chi connectivity index (χ1) is 4.79. The van der Waals surface area contributed by atoms with E-state index in [2.05, 4.69) is 0 Å². The zero-order chi connectivity index (χ0) is 7.40. The summed E-state index contributed by atoms with van der Waals surface area (Å²) in [6.45, 7) is 0. The van der Waals surface area contributed by atoms with E-state index in [0.717, 1.165) is 31.3 Å². The molecule has 0 amide bonds. The molecular formula is C8H11O2-. The van der Waals surface area contributed by atoms with E-state index in [0.29, 0.717) is 0 Å². The molecule has 1 aliphatic rings. The molecule has 10 heavy (non-hydrogen) atoms. The van der Waals surface area contributed by atoms with Gasteiger partial charge in [-0.15, -0.1) is 0 Å². The first kappa shape index (κ1) is 7.32. The van der Waals surface area contributed by atoms with Crippen LogP contribution in [0.5, 0.6) is 0 Å². The van der Waals surface area contributed by atoms with Crippen LogP contribution in [0.25, 0.3) is 0 Å². The third kappa shape index (κ3) is 2.21. The van der Waals surface area contributed by atoms with Gasteiger partial charge in [-0.25, -0.2) is 0 Å². The van der Waals surface area contributed by atoms with Crippen LogP contribution in [-0.2, 0) is 4.79 Å². The minimum atomic E-state index is -1.04. The Balaban J connectivity index is 2.45. The Hall–Kier alpha value is -0.790. The molecule has 2 heteroatoms. The number of aliphatic carboxylic acids is 1. The average Bonchev–Trinajstić information content (AvgIpc) is 1.88. The summed E-state index contributed by atoms with van der Waals surface area (Å²) in [6, 6.07) is 0. The number of carbonyl (C=O) groups is 1. The van der Waals surface area contributed by atoms with Gasteiger partial charge in [0.2, 0.25) is 0 Å². The van der Waals surface area contributed by atoms with Gasteiger partial charge in [-0.1, -0.05) is 12.0 Å². The monoisotopic (exact) mass is 139 g/mol. The van der Waals surface area contributed by atoms with Crippen LogP contribution >= 0.6 is 0 Å². The molecule has 1 saturated carbocycles. The number of carboxylic acid groups (broad SMARTS) is 1. The lowest BCUT2D eigenvalue weighted by Crippen LogP contribution is -2.19. The largest absolute Gasteiger partial charge is 0.545 e. The fourth-order valence-corrected chi connectivity index (χ4v) is 1.32. The molecule has 0 bridgehead atoms. The van der Waals surface area contributed by atoms with Crippen molar-refractivity contribution in [2.45, 2.75) is 32.1 Å². The summed E-state index contributed by atoms with van der Waals surface area (Å²) in [7, 11) is 0. The van der Waals surface area contributed by atoms with E-state index in [1.165, 1.54) is 12.5 Å². The van der Waals surface area contributed by atoms with Gasteiger partial charge in [-0.2, -0.15) is 0 Å². The molecule has 0 radical (unpaired) electrons. The molecule has 1 fully saturated rings. The van der Waals surface area contributed by atoms with Crippen molar-refractivity contribution in [2.75, 3.05) is 0 Å². The van der Waals surface area contributed by atoms with E-state index < -0.39 is 5.97 Å². The predicted octanol–water partition coefficient (Wildman–Crippen LogP) is 0.627. The molecule has 0 heterocycles. The van der Waals surface area contributed by atoms with Gasteiger partial charge >= 0.3 is 0 Å². The Morgan fingerprint density at radius 1 is 1.30 bits per heavy atom. The Labute approximate surface area is 60.6 Å². The molecule has 1 rings (SSSR count). The zero-order valence-corrected chi connectivity index (χ0v) is 5.93. The van der Waals surface area contributed by atoms with E-state index in [-0.39, 0.29) is 0 Å². The highest BCUT2D eigenvalue weighted by Crippen LogP contribution is 2.21. The van der Waals surface area contributed by atoms with Crippen LogP contribution in [0, 0.1) is 0 Å². The van der Waals surface area contributed by atoms with Crippen molar-refractivity contribution in [3.63, 3.8) is 0 Å². The van der Waals surface area contributed by atoms with Gasteiger partial charge in [0.1, 0.15) is 0 Å². The van der Waals surface area contributed by atoms with Crippen molar-refractivity contribution in [2.24, 2.45) is 0 Å². The van der Waals surface area contributed by atoms with Crippen LogP contribution < -0.4 is 5.11 Å². The van der Waals surface area contributed by atoms with E-state index in [1.54, 1.807) is 0 Å². The van der Waals surface area contributed by atoms with Gasteiger partial charge in [-0.05, 0) is 31.8 Å². The zero-order valence-electron chi connectivity index (χ0n) is 5.93. The highest BCUT2D eigenvalue weighted by molar-refractivity contribution is 5.78. The number of carboxylic acids is 1. The van der Waals surface area contributed by atoms with Crippen LogP contribution in [0.4, 0.5) is 0 Å². The number of hydrogen-bond donors (Lipinski definition) is 0. The summed E-state index contributed by atoms with van der Waals surface area (Å²) >= 11 is 0.